The Morgan fingerprint density at radius 3 is 2.30 bits per heavy atom. The number of rotatable bonds is 0. The SMILES string of the molecule is C[C@@H]1OC[C@H](O)[C@@H](O)[C@H]1O. The van der Waals surface area contributed by atoms with E-state index in [2.05, 4.69) is 0 Å². The van der Waals surface area contributed by atoms with E-state index in [4.69, 9.17) is 20.1 Å². The fourth-order valence-electron chi connectivity index (χ4n) is 0.953. The number of aliphatic hydroxyl groups is 3. The maximum atomic E-state index is 9.08. The summed E-state index contributed by atoms with van der Waals surface area (Å²) in [6, 6.07) is 0. The molecule has 0 aliphatic carbocycles. The third-order valence-corrected chi connectivity index (χ3v) is 1.75. The minimum absolute atomic E-state index is 0.0966. The molecule has 4 nitrogen and oxygen atoms in total. The van der Waals surface area contributed by atoms with Gasteiger partial charge < -0.3 is 20.1 Å². The van der Waals surface area contributed by atoms with Crippen LogP contribution < -0.4 is 0 Å². The van der Waals surface area contributed by atoms with Crippen LogP contribution in [0.25, 0.3) is 0 Å². The molecule has 0 aromatic heterocycles. The summed E-state index contributed by atoms with van der Waals surface area (Å²) in [6.45, 7) is 1.75. The first-order valence-electron chi connectivity index (χ1n) is 3.28. The summed E-state index contributed by atoms with van der Waals surface area (Å²) in [6.07, 6.45) is -3.38. The molecule has 1 aliphatic heterocycles. The minimum atomic E-state index is -1.07. The molecule has 1 saturated heterocycles. The molecule has 0 radical (unpaired) electrons. The van der Waals surface area contributed by atoms with Gasteiger partial charge in [-0.2, -0.15) is 0 Å². The van der Waals surface area contributed by atoms with Crippen LogP contribution in [0.15, 0.2) is 0 Å². The molecular formula is C6H12O4. The monoisotopic (exact) mass is 148 g/mol. The predicted molar refractivity (Wildman–Crippen MR) is 33.4 cm³/mol. The fourth-order valence-corrected chi connectivity index (χ4v) is 0.953. The Bertz CT molecular complexity index is 102. The molecule has 4 atom stereocenters. The topological polar surface area (TPSA) is 69.9 Å². The van der Waals surface area contributed by atoms with Crippen molar-refractivity contribution in [3.63, 3.8) is 0 Å². The normalized spacial score (nSPS) is 49.2. The van der Waals surface area contributed by atoms with Crippen molar-refractivity contribution in [3.05, 3.63) is 0 Å². The summed E-state index contributed by atoms with van der Waals surface area (Å²) in [5.74, 6) is 0. The predicted octanol–water partition coefficient (Wildman–Crippen LogP) is -1.51. The zero-order chi connectivity index (χ0) is 7.72. The van der Waals surface area contributed by atoms with Crippen LogP contribution >= 0.6 is 0 Å². The van der Waals surface area contributed by atoms with Gasteiger partial charge in [-0.3, -0.25) is 0 Å². The molecule has 0 unspecified atom stereocenters. The van der Waals surface area contributed by atoms with Crippen LogP contribution in [-0.4, -0.2) is 46.3 Å². The molecule has 0 amide bonds. The highest BCUT2D eigenvalue weighted by molar-refractivity contribution is 4.83. The molecule has 10 heavy (non-hydrogen) atoms. The Morgan fingerprint density at radius 1 is 1.20 bits per heavy atom. The fraction of sp³-hybridized carbons (Fsp3) is 1.00. The minimum Gasteiger partial charge on any atom is -0.388 e. The van der Waals surface area contributed by atoms with E-state index in [1.54, 1.807) is 6.92 Å². The Morgan fingerprint density at radius 2 is 1.80 bits per heavy atom. The number of hydrogen-bond acceptors (Lipinski definition) is 4. The third-order valence-electron chi connectivity index (χ3n) is 1.75. The Labute approximate surface area is 59.1 Å². The van der Waals surface area contributed by atoms with Gasteiger partial charge >= 0.3 is 0 Å². The van der Waals surface area contributed by atoms with E-state index in [1.807, 2.05) is 0 Å². The van der Waals surface area contributed by atoms with Crippen molar-refractivity contribution in [1.29, 1.82) is 0 Å². The molecule has 1 fully saturated rings. The lowest BCUT2D eigenvalue weighted by atomic mass is 10.0. The van der Waals surface area contributed by atoms with E-state index in [9.17, 15) is 0 Å². The molecule has 0 aromatic rings. The molecule has 0 aromatic carbocycles. The average Bonchev–Trinajstić information content (AvgIpc) is 1.93. The van der Waals surface area contributed by atoms with Gasteiger partial charge in [-0.25, -0.2) is 0 Å². The Balaban J connectivity index is 2.52. The van der Waals surface area contributed by atoms with E-state index < -0.39 is 24.4 Å². The summed E-state index contributed by atoms with van der Waals surface area (Å²) >= 11 is 0. The van der Waals surface area contributed by atoms with Crippen LogP contribution in [0.3, 0.4) is 0 Å². The maximum absolute atomic E-state index is 9.08. The number of hydrogen-bond donors (Lipinski definition) is 3. The lowest BCUT2D eigenvalue weighted by Gasteiger charge is -2.33. The van der Waals surface area contributed by atoms with Crippen molar-refractivity contribution in [2.75, 3.05) is 6.61 Å². The average molecular weight is 148 g/mol. The zero-order valence-corrected chi connectivity index (χ0v) is 5.77. The first-order chi connectivity index (χ1) is 4.63. The van der Waals surface area contributed by atoms with Crippen molar-refractivity contribution in [2.24, 2.45) is 0 Å². The van der Waals surface area contributed by atoms with Crippen LogP contribution in [0.1, 0.15) is 6.92 Å². The van der Waals surface area contributed by atoms with Crippen molar-refractivity contribution in [1.82, 2.24) is 0 Å². The van der Waals surface area contributed by atoms with Gasteiger partial charge in [0.15, 0.2) is 0 Å². The second-order valence-electron chi connectivity index (χ2n) is 2.59. The molecule has 0 saturated carbocycles. The first kappa shape index (κ1) is 7.94. The van der Waals surface area contributed by atoms with Gasteiger partial charge in [0, 0.05) is 0 Å². The maximum Gasteiger partial charge on any atom is 0.110 e. The summed E-state index contributed by atoms with van der Waals surface area (Å²) in [5, 5.41) is 27.0. The lowest BCUT2D eigenvalue weighted by Crippen LogP contribution is -2.51. The Hall–Kier alpha value is -0.160. The van der Waals surface area contributed by atoms with E-state index in [1.165, 1.54) is 0 Å². The van der Waals surface area contributed by atoms with E-state index in [0.717, 1.165) is 0 Å². The van der Waals surface area contributed by atoms with Gasteiger partial charge in [-0.1, -0.05) is 0 Å². The standard InChI is InChI=1S/C6H12O4/c1-3-5(8)6(9)4(7)2-10-3/h3-9H,2H2,1H3/t3-,4-,5-,6+/m0/s1. The van der Waals surface area contributed by atoms with Crippen molar-refractivity contribution in [2.45, 2.75) is 31.3 Å². The second-order valence-corrected chi connectivity index (χ2v) is 2.59. The van der Waals surface area contributed by atoms with E-state index in [0.29, 0.717) is 0 Å². The van der Waals surface area contributed by atoms with Crippen LogP contribution in [0.2, 0.25) is 0 Å². The molecular weight excluding hydrogens is 136 g/mol. The quantitative estimate of drug-likeness (QED) is 0.390. The number of ether oxygens (including phenoxy) is 1. The molecule has 60 valence electrons. The van der Waals surface area contributed by atoms with E-state index in [-0.39, 0.29) is 6.61 Å². The largest absolute Gasteiger partial charge is 0.388 e. The van der Waals surface area contributed by atoms with Gasteiger partial charge in [-0.15, -0.1) is 0 Å². The van der Waals surface area contributed by atoms with Crippen molar-refractivity contribution >= 4 is 0 Å². The molecule has 0 bridgehead atoms. The molecule has 4 heteroatoms. The second kappa shape index (κ2) is 2.84. The Kier molecular flexibility index (Phi) is 2.25. The molecule has 1 heterocycles. The van der Waals surface area contributed by atoms with Gasteiger partial charge in [0.25, 0.3) is 0 Å². The smallest absolute Gasteiger partial charge is 0.110 e. The van der Waals surface area contributed by atoms with Gasteiger partial charge in [0.1, 0.15) is 18.3 Å². The summed E-state index contributed by atoms with van der Waals surface area (Å²) in [4.78, 5) is 0. The molecule has 3 N–H and O–H groups in total. The molecule has 0 spiro atoms. The van der Waals surface area contributed by atoms with Gasteiger partial charge in [0.05, 0.1) is 12.7 Å². The first-order valence-corrected chi connectivity index (χ1v) is 3.28. The number of aliphatic hydroxyl groups excluding tert-OH is 3. The zero-order valence-electron chi connectivity index (χ0n) is 5.77. The van der Waals surface area contributed by atoms with Crippen LogP contribution in [-0.2, 0) is 4.74 Å². The summed E-state index contributed by atoms with van der Waals surface area (Å²) in [5.41, 5.74) is 0. The molecule has 1 aliphatic rings. The third kappa shape index (κ3) is 1.29. The van der Waals surface area contributed by atoms with Crippen molar-refractivity contribution in [3.8, 4) is 0 Å². The van der Waals surface area contributed by atoms with Gasteiger partial charge in [0.2, 0.25) is 0 Å². The highest BCUT2D eigenvalue weighted by Crippen LogP contribution is 2.14. The van der Waals surface area contributed by atoms with E-state index >= 15 is 0 Å². The van der Waals surface area contributed by atoms with Crippen LogP contribution in [0, 0.1) is 0 Å². The summed E-state index contributed by atoms with van der Waals surface area (Å²) < 4.78 is 4.91. The molecule has 1 rings (SSSR count). The summed E-state index contributed by atoms with van der Waals surface area (Å²) in [7, 11) is 0. The van der Waals surface area contributed by atoms with Gasteiger partial charge in [-0.05, 0) is 6.92 Å². The van der Waals surface area contributed by atoms with Crippen molar-refractivity contribution < 1.29 is 20.1 Å². The van der Waals surface area contributed by atoms with Crippen LogP contribution in [0.4, 0.5) is 0 Å². The lowest BCUT2D eigenvalue weighted by molar-refractivity contribution is -0.181. The highest BCUT2D eigenvalue weighted by Gasteiger charge is 2.34. The van der Waals surface area contributed by atoms with Crippen LogP contribution in [0.5, 0.6) is 0 Å². The highest BCUT2D eigenvalue weighted by atomic mass is 16.5.